The lowest BCUT2D eigenvalue weighted by Gasteiger charge is -2.06. The van der Waals surface area contributed by atoms with Crippen molar-refractivity contribution in [1.82, 2.24) is 4.98 Å². The number of amides is 1. The summed E-state index contributed by atoms with van der Waals surface area (Å²) in [6, 6.07) is 12.9. The van der Waals surface area contributed by atoms with Crippen molar-refractivity contribution < 1.29 is 4.79 Å². The molecular weight excluding hydrogens is 284 g/mol. The first-order valence-electron chi connectivity index (χ1n) is 6.27. The molecule has 1 aromatic heterocycles. The number of hydrogen-bond donors (Lipinski definition) is 2. The van der Waals surface area contributed by atoms with Crippen LogP contribution < -0.4 is 11.1 Å². The first kappa shape index (κ1) is 14.9. The molecule has 0 atom stereocenters. The molecule has 0 aliphatic rings. The maximum atomic E-state index is 11.8. The molecule has 1 heterocycles. The molecule has 2 rings (SSSR count). The van der Waals surface area contributed by atoms with Crippen molar-refractivity contribution in [3.05, 3.63) is 48.2 Å². The summed E-state index contributed by atoms with van der Waals surface area (Å²) in [6.07, 6.45) is 2.01. The van der Waals surface area contributed by atoms with Gasteiger partial charge in [0.2, 0.25) is 5.91 Å². The normalized spacial score (nSPS) is 9.86. The molecule has 6 heteroatoms. The third kappa shape index (κ3) is 4.82. The number of aromatic nitrogens is 1. The zero-order valence-electron chi connectivity index (χ0n) is 11.2. The number of carbonyl (C=O) groups excluding carboxylic acids is 1. The number of pyridine rings is 1. The highest BCUT2D eigenvalue weighted by atomic mass is 32.2. The molecular formula is C15H14N4OS. The smallest absolute Gasteiger partial charge is 0.234 e. The molecule has 1 aromatic carbocycles. The Morgan fingerprint density at radius 3 is 2.67 bits per heavy atom. The van der Waals surface area contributed by atoms with Crippen LogP contribution in [-0.4, -0.2) is 16.6 Å². The molecule has 21 heavy (non-hydrogen) atoms. The van der Waals surface area contributed by atoms with Crippen LogP contribution in [0.15, 0.2) is 47.5 Å². The second kappa shape index (κ2) is 7.31. The summed E-state index contributed by atoms with van der Waals surface area (Å²) in [5, 5.41) is 11.4. The SMILES string of the molecule is N#CCc1ccc(NC(=O)CSc2ccc(N)nc2)cc1. The molecule has 0 aliphatic heterocycles. The van der Waals surface area contributed by atoms with Gasteiger partial charge in [-0.05, 0) is 29.8 Å². The van der Waals surface area contributed by atoms with Crippen molar-refractivity contribution in [2.24, 2.45) is 0 Å². The third-order valence-corrected chi connectivity index (χ3v) is 3.63. The monoisotopic (exact) mass is 298 g/mol. The summed E-state index contributed by atoms with van der Waals surface area (Å²) in [6.45, 7) is 0. The maximum Gasteiger partial charge on any atom is 0.234 e. The summed E-state index contributed by atoms with van der Waals surface area (Å²) >= 11 is 1.39. The number of nitrogens with one attached hydrogen (secondary N) is 1. The Labute approximate surface area is 127 Å². The topological polar surface area (TPSA) is 91.8 Å². The fourth-order valence-corrected chi connectivity index (χ4v) is 2.28. The number of nitrogens with zero attached hydrogens (tertiary/aromatic N) is 2. The van der Waals surface area contributed by atoms with Crippen molar-refractivity contribution in [2.45, 2.75) is 11.3 Å². The van der Waals surface area contributed by atoms with Gasteiger partial charge in [-0.3, -0.25) is 4.79 Å². The number of hydrogen-bond acceptors (Lipinski definition) is 5. The lowest BCUT2D eigenvalue weighted by Crippen LogP contribution is -2.13. The van der Waals surface area contributed by atoms with E-state index in [1.807, 2.05) is 18.2 Å². The largest absolute Gasteiger partial charge is 0.384 e. The van der Waals surface area contributed by atoms with E-state index in [0.29, 0.717) is 18.0 Å². The van der Waals surface area contributed by atoms with Gasteiger partial charge in [0, 0.05) is 16.8 Å². The van der Waals surface area contributed by atoms with Gasteiger partial charge in [-0.15, -0.1) is 11.8 Å². The second-order valence-electron chi connectivity index (χ2n) is 4.29. The van der Waals surface area contributed by atoms with Crippen molar-refractivity contribution in [3.63, 3.8) is 0 Å². The molecule has 0 saturated carbocycles. The fraction of sp³-hybridized carbons (Fsp3) is 0.133. The van der Waals surface area contributed by atoms with Gasteiger partial charge in [-0.25, -0.2) is 4.98 Å². The first-order chi connectivity index (χ1) is 10.2. The van der Waals surface area contributed by atoms with Gasteiger partial charge < -0.3 is 11.1 Å². The molecule has 0 unspecified atom stereocenters. The molecule has 0 saturated heterocycles. The molecule has 0 bridgehead atoms. The Morgan fingerprint density at radius 2 is 2.05 bits per heavy atom. The molecule has 2 aromatic rings. The number of thioether (sulfide) groups is 1. The number of anilines is 2. The van der Waals surface area contributed by atoms with Gasteiger partial charge >= 0.3 is 0 Å². The van der Waals surface area contributed by atoms with E-state index < -0.39 is 0 Å². The summed E-state index contributed by atoms with van der Waals surface area (Å²) in [5.41, 5.74) is 7.15. The van der Waals surface area contributed by atoms with Crippen LogP contribution in [0.2, 0.25) is 0 Å². The van der Waals surface area contributed by atoms with E-state index in [9.17, 15) is 4.79 Å². The van der Waals surface area contributed by atoms with Crippen LogP contribution >= 0.6 is 11.8 Å². The van der Waals surface area contributed by atoms with Crippen LogP contribution in [-0.2, 0) is 11.2 Å². The minimum Gasteiger partial charge on any atom is -0.384 e. The Kier molecular flexibility index (Phi) is 5.18. The highest BCUT2D eigenvalue weighted by Crippen LogP contribution is 2.18. The van der Waals surface area contributed by atoms with Crippen LogP contribution in [0.5, 0.6) is 0 Å². The number of nitrogen functional groups attached to an aromatic ring is 1. The minimum atomic E-state index is -0.0927. The average Bonchev–Trinajstić information content (AvgIpc) is 2.49. The first-order valence-corrected chi connectivity index (χ1v) is 7.26. The zero-order chi connectivity index (χ0) is 15.1. The standard InChI is InChI=1S/C15H14N4OS/c16-8-7-11-1-3-12(4-2-11)19-15(20)10-21-13-5-6-14(17)18-9-13/h1-6,9H,7,10H2,(H2,17,18)(H,19,20). The van der Waals surface area contributed by atoms with Gasteiger partial charge in [0.15, 0.2) is 0 Å². The van der Waals surface area contributed by atoms with Crippen molar-refractivity contribution in [2.75, 3.05) is 16.8 Å². The lowest BCUT2D eigenvalue weighted by molar-refractivity contribution is -0.113. The Hall–Kier alpha value is -2.52. The highest BCUT2D eigenvalue weighted by molar-refractivity contribution is 8.00. The van der Waals surface area contributed by atoms with E-state index in [4.69, 9.17) is 11.0 Å². The predicted octanol–water partition coefficient (Wildman–Crippen LogP) is 2.46. The molecule has 106 valence electrons. The van der Waals surface area contributed by atoms with Gasteiger partial charge in [-0.1, -0.05) is 12.1 Å². The fourth-order valence-electron chi connectivity index (χ4n) is 1.62. The van der Waals surface area contributed by atoms with Crippen molar-refractivity contribution in [3.8, 4) is 6.07 Å². The highest BCUT2D eigenvalue weighted by Gasteiger charge is 2.04. The summed E-state index contributed by atoms with van der Waals surface area (Å²) in [7, 11) is 0. The lowest BCUT2D eigenvalue weighted by atomic mass is 10.1. The third-order valence-electron chi connectivity index (χ3n) is 2.65. The van der Waals surface area contributed by atoms with Crippen LogP contribution in [0.25, 0.3) is 0 Å². The molecule has 3 N–H and O–H groups in total. The van der Waals surface area contributed by atoms with Crippen LogP contribution in [0.3, 0.4) is 0 Å². The molecule has 0 spiro atoms. The minimum absolute atomic E-state index is 0.0927. The Morgan fingerprint density at radius 1 is 1.29 bits per heavy atom. The number of carbonyl (C=O) groups is 1. The summed E-state index contributed by atoms with van der Waals surface area (Å²) in [4.78, 5) is 16.7. The van der Waals surface area contributed by atoms with Gasteiger partial charge in [0.1, 0.15) is 5.82 Å². The van der Waals surface area contributed by atoms with Gasteiger partial charge in [-0.2, -0.15) is 5.26 Å². The van der Waals surface area contributed by atoms with E-state index in [-0.39, 0.29) is 5.91 Å². The van der Waals surface area contributed by atoms with Crippen LogP contribution in [0.4, 0.5) is 11.5 Å². The predicted molar refractivity (Wildman–Crippen MR) is 83.8 cm³/mol. The number of benzene rings is 1. The van der Waals surface area contributed by atoms with E-state index in [2.05, 4.69) is 16.4 Å². The molecule has 1 amide bonds. The second-order valence-corrected chi connectivity index (χ2v) is 5.34. The van der Waals surface area contributed by atoms with Gasteiger partial charge in [0.25, 0.3) is 0 Å². The zero-order valence-corrected chi connectivity index (χ0v) is 12.1. The van der Waals surface area contributed by atoms with E-state index >= 15 is 0 Å². The van der Waals surface area contributed by atoms with Gasteiger partial charge in [0.05, 0.1) is 18.2 Å². The molecule has 5 nitrogen and oxygen atoms in total. The van der Waals surface area contributed by atoms with E-state index in [0.717, 1.165) is 16.1 Å². The van der Waals surface area contributed by atoms with Crippen LogP contribution in [0, 0.1) is 11.3 Å². The van der Waals surface area contributed by atoms with Crippen molar-refractivity contribution in [1.29, 1.82) is 5.26 Å². The number of nitrogens with two attached hydrogens (primary N) is 1. The molecule has 0 radical (unpaired) electrons. The summed E-state index contributed by atoms with van der Waals surface area (Å²) < 4.78 is 0. The Bertz CT molecular complexity index is 647. The Balaban J connectivity index is 1.84. The molecule has 0 fully saturated rings. The van der Waals surface area contributed by atoms with E-state index in [1.54, 1.807) is 24.4 Å². The number of rotatable bonds is 5. The molecule has 0 aliphatic carbocycles. The van der Waals surface area contributed by atoms with Crippen molar-refractivity contribution >= 4 is 29.2 Å². The average molecular weight is 298 g/mol. The quantitative estimate of drug-likeness (QED) is 0.827. The number of nitriles is 1. The maximum absolute atomic E-state index is 11.8. The van der Waals surface area contributed by atoms with Crippen LogP contribution in [0.1, 0.15) is 5.56 Å². The summed E-state index contributed by atoms with van der Waals surface area (Å²) in [5.74, 6) is 0.664. The van der Waals surface area contributed by atoms with E-state index in [1.165, 1.54) is 11.8 Å².